The van der Waals surface area contributed by atoms with Gasteiger partial charge in [-0.1, -0.05) is 11.8 Å². The smallest absolute Gasteiger partial charge is 0.254 e. The number of H-pyrrole nitrogens is 1. The fourth-order valence-electron chi connectivity index (χ4n) is 0.691. The number of aromatic nitrogens is 2. The minimum atomic E-state index is -0.321. The van der Waals surface area contributed by atoms with E-state index >= 15 is 0 Å². The van der Waals surface area contributed by atoms with Crippen molar-refractivity contribution < 1.29 is 4.79 Å². The number of amides is 1. The molecule has 0 aromatic carbocycles. The number of nitrogens with one attached hydrogen (secondary N) is 2. The molecule has 0 fully saturated rings. The molecule has 0 aliphatic carbocycles. The first-order chi connectivity index (χ1) is 6.63. The first-order valence-electron chi connectivity index (χ1n) is 3.81. The monoisotopic (exact) mass is 214 g/mol. The van der Waals surface area contributed by atoms with Crippen LogP contribution in [0.2, 0.25) is 0 Å². The Hall–Kier alpha value is -1.34. The third kappa shape index (κ3) is 2.86. The maximum atomic E-state index is 11.1. The molecular formula is C7H10N4O2S. The van der Waals surface area contributed by atoms with Crippen molar-refractivity contribution in [3.05, 3.63) is 22.1 Å². The minimum Gasteiger partial charge on any atom is -0.301 e. The molecule has 0 radical (unpaired) electrons. The molecule has 0 aliphatic heterocycles. The van der Waals surface area contributed by atoms with E-state index in [-0.39, 0.29) is 17.2 Å². The zero-order valence-electron chi connectivity index (χ0n) is 7.53. The van der Waals surface area contributed by atoms with E-state index in [1.807, 2.05) is 5.43 Å². The van der Waals surface area contributed by atoms with Crippen molar-refractivity contribution in [1.82, 2.24) is 15.4 Å². The van der Waals surface area contributed by atoms with Gasteiger partial charge in [0, 0.05) is 11.8 Å². The third-order valence-electron chi connectivity index (χ3n) is 1.46. The highest BCUT2D eigenvalue weighted by Gasteiger charge is 2.03. The molecule has 6 nitrogen and oxygen atoms in total. The standard InChI is InChI=1S/C7H10N4O2S/c1-4-2-9-7(10-6(4)13)14-3-5(12)11-8/h2H,3,8H2,1H3,(H,11,12)(H,9,10,13). The normalized spacial score (nSPS) is 9.86. The number of hydrogen-bond donors (Lipinski definition) is 3. The van der Waals surface area contributed by atoms with Crippen LogP contribution in [0.3, 0.4) is 0 Å². The van der Waals surface area contributed by atoms with Gasteiger partial charge in [0.15, 0.2) is 5.16 Å². The van der Waals surface area contributed by atoms with Crippen LogP contribution in [-0.4, -0.2) is 21.6 Å². The lowest BCUT2D eigenvalue weighted by Gasteiger charge is -1.99. The number of nitrogens with zero attached hydrogens (tertiary/aromatic N) is 1. The van der Waals surface area contributed by atoms with Gasteiger partial charge in [-0.3, -0.25) is 15.0 Å². The van der Waals surface area contributed by atoms with Crippen molar-refractivity contribution in [3.8, 4) is 0 Å². The Balaban J connectivity index is 2.65. The quantitative estimate of drug-likeness (QED) is 0.200. The molecule has 0 unspecified atom stereocenters. The molecule has 0 aliphatic rings. The number of thioether (sulfide) groups is 1. The van der Waals surface area contributed by atoms with Crippen molar-refractivity contribution in [1.29, 1.82) is 0 Å². The van der Waals surface area contributed by atoms with Crippen molar-refractivity contribution >= 4 is 17.7 Å². The summed E-state index contributed by atoms with van der Waals surface area (Å²) < 4.78 is 0. The molecule has 1 amide bonds. The topological polar surface area (TPSA) is 101 Å². The van der Waals surface area contributed by atoms with E-state index in [0.717, 1.165) is 11.8 Å². The molecule has 0 saturated heterocycles. The van der Waals surface area contributed by atoms with Crippen LogP contribution >= 0.6 is 11.8 Å². The van der Waals surface area contributed by atoms with Gasteiger partial charge in [-0.15, -0.1) is 0 Å². The molecule has 1 rings (SSSR count). The Kier molecular flexibility index (Phi) is 3.66. The van der Waals surface area contributed by atoms with Gasteiger partial charge < -0.3 is 4.98 Å². The number of aromatic amines is 1. The molecule has 7 heteroatoms. The van der Waals surface area contributed by atoms with Crippen LogP contribution in [0.25, 0.3) is 0 Å². The number of nitrogens with two attached hydrogens (primary N) is 1. The van der Waals surface area contributed by atoms with E-state index in [2.05, 4.69) is 9.97 Å². The average molecular weight is 214 g/mol. The molecule has 0 saturated carbocycles. The maximum Gasteiger partial charge on any atom is 0.254 e. The molecule has 0 spiro atoms. The van der Waals surface area contributed by atoms with E-state index in [9.17, 15) is 9.59 Å². The molecule has 1 aromatic rings. The molecule has 4 N–H and O–H groups in total. The Morgan fingerprint density at radius 2 is 2.50 bits per heavy atom. The van der Waals surface area contributed by atoms with Crippen LogP contribution in [0.15, 0.2) is 16.1 Å². The van der Waals surface area contributed by atoms with E-state index in [1.54, 1.807) is 6.92 Å². The zero-order chi connectivity index (χ0) is 10.6. The molecule has 1 heterocycles. The fraction of sp³-hybridized carbons (Fsp3) is 0.286. The van der Waals surface area contributed by atoms with Crippen LogP contribution < -0.4 is 16.8 Å². The largest absolute Gasteiger partial charge is 0.301 e. The van der Waals surface area contributed by atoms with E-state index in [4.69, 9.17) is 5.84 Å². The van der Waals surface area contributed by atoms with Gasteiger partial charge in [-0.2, -0.15) is 0 Å². The summed E-state index contributed by atoms with van der Waals surface area (Å²) in [5.74, 6) is 4.69. The minimum absolute atomic E-state index is 0.127. The first-order valence-corrected chi connectivity index (χ1v) is 4.80. The number of rotatable bonds is 3. The second-order valence-corrected chi connectivity index (χ2v) is 3.52. The highest BCUT2D eigenvalue weighted by molar-refractivity contribution is 7.99. The Bertz CT molecular complexity index is 390. The van der Waals surface area contributed by atoms with E-state index in [0.29, 0.717) is 10.7 Å². The van der Waals surface area contributed by atoms with Crippen LogP contribution in [0, 0.1) is 6.92 Å². The number of hydrazine groups is 1. The third-order valence-corrected chi connectivity index (χ3v) is 2.34. The highest BCUT2D eigenvalue weighted by Crippen LogP contribution is 2.09. The summed E-state index contributed by atoms with van der Waals surface area (Å²) in [6, 6.07) is 0. The number of carbonyl (C=O) groups is 1. The van der Waals surface area contributed by atoms with Crippen LogP contribution in [0.4, 0.5) is 0 Å². The SMILES string of the molecule is Cc1cnc(SCC(=O)NN)[nH]c1=O. The summed E-state index contributed by atoms with van der Waals surface area (Å²) in [6.45, 7) is 1.66. The first kappa shape index (κ1) is 10.7. The zero-order valence-corrected chi connectivity index (χ0v) is 8.35. The summed E-state index contributed by atoms with van der Waals surface area (Å²) in [6.07, 6.45) is 1.46. The maximum absolute atomic E-state index is 11.1. The van der Waals surface area contributed by atoms with Crippen molar-refractivity contribution in [2.45, 2.75) is 12.1 Å². The summed E-state index contributed by atoms with van der Waals surface area (Å²) in [4.78, 5) is 28.3. The van der Waals surface area contributed by atoms with E-state index < -0.39 is 0 Å². The molecule has 76 valence electrons. The van der Waals surface area contributed by atoms with Gasteiger partial charge in [0.2, 0.25) is 5.91 Å². The van der Waals surface area contributed by atoms with Crippen LogP contribution in [-0.2, 0) is 4.79 Å². The van der Waals surface area contributed by atoms with Crippen LogP contribution in [0.5, 0.6) is 0 Å². The predicted molar refractivity (Wildman–Crippen MR) is 52.6 cm³/mol. The average Bonchev–Trinajstić information content (AvgIpc) is 2.19. The van der Waals surface area contributed by atoms with Gasteiger partial charge in [0.05, 0.1) is 5.75 Å². The van der Waals surface area contributed by atoms with Gasteiger partial charge in [0.1, 0.15) is 0 Å². The fourth-order valence-corrected chi connectivity index (χ4v) is 1.33. The second-order valence-electron chi connectivity index (χ2n) is 2.56. The summed E-state index contributed by atoms with van der Waals surface area (Å²) in [5, 5.41) is 0.407. The lowest BCUT2D eigenvalue weighted by atomic mass is 10.4. The lowest BCUT2D eigenvalue weighted by molar-refractivity contribution is -0.118. The number of hydrogen-bond acceptors (Lipinski definition) is 5. The van der Waals surface area contributed by atoms with E-state index in [1.165, 1.54) is 6.20 Å². The molecule has 0 bridgehead atoms. The van der Waals surface area contributed by atoms with Gasteiger partial charge in [0.25, 0.3) is 5.56 Å². The van der Waals surface area contributed by atoms with Crippen molar-refractivity contribution in [2.75, 3.05) is 5.75 Å². The Morgan fingerprint density at radius 3 is 3.07 bits per heavy atom. The lowest BCUT2D eigenvalue weighted by Crippen LogP contribution is -2.31. The highest BCUT2D eigenvalue weighted by atomic mass is 32.2. The Morgan fingerprint density at radius 1 is 1.79 bits per heavy atom. The summed E-state index contributed by atoms with van der Waals surface area (Å²) in [5.41, 5.74) is 2.32. The second kappa shape index (κ2) is 4.77. The van der Waals surface area contributed by atoms with Gasteiger partial charge in [-0.05, 0) is 6.92 Å². The molecule has 14 heavy (non-hydrogen) atoms. The summed E-state index contributed by atoms with van der Waals surface area (Å²) >= 11 is 1.12. The molecular weight excluding hydrogens is 204 g/mol. The Labute approximate surface area is 84.3 Å². The van der Waals surface area contributed by atoms with Crippen LogP contribution in [0.1, 0.15) is 5.56 Å². The van der Waals surface area contributed by atoms with Crippen molar-refractivity contribution in [2.24, 2.45) is 5.84 Å². The molecule has 1 aromatic heterocycles. The predicted octanol–water partition coefficient (Wildman–Crippen LogP) is -0.840. The summed E-state index contributed by atoms with van der Waals surface area (Å²) in [7, 11) is 0. The number of aryl methyl sites for hydroxylation is 1. The van der Waals surface area contributed by atoms with Gasteiger partial charge >= 0.3 is 0 Å². The van der Waals surface area contributed by atoms with Gasteiger partial charge in [-0.25, -0.2) is 10.8 Å². The molecule has 0 atom stereocenters. The number of carbonyl (C=O) groups excluding carboxylic acids is 1. The van der Waals surface area contributed by atoms with Crippen molar-refractivity contribution in [3.63, 3.8) is 0 Å².